The number of amides is 1. The van der Waals surface area contributed by atoms with Gasteiger partial charge in [0.15, 0.2) is 0 Å². The zero-order valence-electron chi connectivity index (χ0n) is 8.25. The SMILES string of the molecule is O=C(CCCl)N1CCC2COCC2C1. The number of hydrogen-bond donors (Lipinski definition) is 0. The first kappa shape index (κ1) is 10.2. The molecule has 2 saturated heterocycles. The van der Waals surface area contributed by atoms with E-state index in [9.17, 15) is 4.79 Å². The molecular weight excluding hydrogens is 202 g/mol. The molecule has 2 aliphatic heterocycles. The molecule has 2 fully saturated rings. The second-order valence-electron chi connectivity index (χ2n) is 4.13. The molecule has 0 aromatic rings. The van der Waals surface area contributed by atoms with E-state index in [0.29, 0.717) is 24.1 Å². The van der Waals surface area contributed by atoms with Crippen LogP contribution in [0.3, 0.4) is 0 Å². The van der Waals surface area contributed by atoms with E-state index in [1.54, 1.807) is 0 Å². The van der Waals surface area contributed by atoms with Crippen LogP contribution in [0.2, 0.25) is 0 Å². The number of nitrogens with zero attached hydrogens (tertiary/aromatic N) is 1. The van der Waals surface area contributed by atoms with Crippen LogP contribution < -0.4 is 0 Å². The zero-order chi connectivity index (χ0) is 9.97. The van der Waals surface area contributed by atoms with E-state index in [4.69, 9.17) is 16.3 Å². The normalized spacial score (nSPS) is 31.6. The summed E-state index contributed by atoms with van der Waals surface area (Å²) in [6, 6.07) is 0. The second kappa shape index (κ2) is 4.49. The molecule has 0 radical (unpaired) electrons. The van der Waals surface area contributed by atoms with Crippen molar-refractivity contribution in [1.82, 2.24) is 4.90 Å². The van der Waals surface area contributed by atoms with Gasteiger partial charge < -0.3 is 9.64 Å². The van der Waals surface area contributed by atoms with Gasteiger partial charge in [-0.3, -0.25) is 4.79 Å². The molecule has 0 spiro atoms. The quantitative estimate of drug-likeness (QED) is 0.649. The smallest absolute Gasteiger partial charge is 0.223 e. The van der Waals surface area contributed by atoms with Gasteiger partial charge in [-0.25, -0.2) is 0 Å². The van der Waals surface area contributed by atoms with Crippen molar-refractivity contribution in [2.24, 2.45) is 11.8 Å². The Bertz CT molecular complexity index is 222. The van der Waals surface area contributed by atoms with Crippen LogP contribution in [0.4, 0.5) is 0 Å². The Morgan fingerprint density at radius 1 is 1.43 bits per heavy atom. The minimum absolute atomic E-state index is 0.199. The van der Waals surface area contributed by atoms with Crippen LogP contribution in [-0.4, -0.2) is 43.0 Å². The molecule has 80 valence electrons. The zero-order valence-corrected chi connectivity index (χ0v) is 9.00. The maximum Gasteiger partial charge on any atom is 0.223 e. The van der Waals surface area contributed by atoms with Crippen LogP contribution in [0.25, 0.3) is 0 Å². The van der Waals surface area contributed by atoms with Crippen LogP contribution in [0.1, 0.15) is 12.8 Å². The lowest BCUT2D eigenvalue weighted by Gasteiger charge is -2.33. The second-order valence-corrected chi connectivity index (χ2v) is 4.50. The highest BCUT2D eigenvalue weighted by molar-refractivity contribution is 6.18. The molecule has 0 aromatic heterocycles. The summed E-state index contributed by atoms with van der Waals surface area (Å²) in [5.41, 5.74) is 0. The molecular formula is C10H16ClNO2. The molecule has 2 heterocycles. The maximum atomic E-state index is 11.6. The molecule has 1 amide bonds. The Morgan fingerprint density at radius 2 is 2.21 bits per heavy atom. The average Bonchev–Trinajstić information content (AvgIpc) is 2.64. The van der Waals surface area contributed by atoms with Gasteiger partial charge in [-0.15, -0.1) is 11.6 Å². The molecule has 0 saturated carbocycles. The standard InChI is InChI=1S/C10H16ClNO2/c11-3-1-10(13)12-4-2-8-6-14-7-9(8)5-12/h8-9H,1-7H2. The first-order valence-electron chi connectivity index (χ1n) is 5.22. The summed E-state index contributed by atoms with van der Waals surface area (Å²) in [6.45, 7) is 3.48. The molecule has 0 bridgehead atoms. The minimum atomic E-state index is 0.199. The summed E-state index contributed by atoms with van der Waals surface area (Å²) in [7, 11) is 0. The topological polar surface area (TPSA) is 29.5 Å². The lowest BCUT2D eigenvalue weighted by molar-refractivity contribution is -0.132. The number of rotatable bonds is 2. The fourth-order valence-electron chi connectivity index (χ4n) is 2.33. The predicted molar refractivity (Wildman–Crippen MR) is 54.3 cm³/mol. The first-order chi connectivity index (χ1) is 6.81. The number of piperidine rings is 1. The third-order valence-electron chi connectivity index (χ3n) is 3.22. The van der Waals surface area contributed by atoms with Gasteiger partial charge in [-0.1, -0.05) is 0 Å². The van der Waals surface area contributed by atoms with E-state index in [2.05, 4.69) is 0 Å². The lowest BCUT2D eigenvalue weighted by Crippen LogP contribution is -2.43. The summed E-state index contributed by atoms with van der Waals surface area (Å²) >= 11 is 5.55. The molecule has 14 heavy (non-hydrogen) atoms. The van der Waals surface area contributed by atoms with E-state index in [0.717, 1.165) is 32.7 Å². The third-order valence-corrected chi connectivity index (χ3v) is 3.41. The van der Waals surface area contributed by atoms with Crippen molar-refractivity contribution in [2.75, 3.05) is 32.2 Å². The average molecular weight is 218 g/mol. The Kier molecular flexibility index (Phi) is 3.29. The van der Waals surface area contributed by atoms with Crippen molar-refractivity contribution in [3.8, 4) is 0 Å². The number of fused-ring (bicyclic) bond motifs is 1. The monoisotopic (exact) mass is 217 g/mol. The van der Waals surface area contributed by atoms with E-state index < -0.39 is 0 Å². The van der Waals surface area contributed by atoms with Crippen LogP contribution in [0.5, 0.6) is 0 Å². The van der Waals surface area contributed by atoms with Crippen molar-refractivity contribution in [3.05, 3.63) is 0 Å². The molecule has 3 nitrogen and oxygen atoms in total. The van der Waals surface area contributed by atoms with Gasteiger partial charge in [0.2, 0.25) is 5.91 Å². The fraction of sp³-hybridized carbons (Fsp3) is 0.900. The van der Waals surface area contributed by atoms with Crippen LogP contribution in [-0.2, 0) is 9.53 Å². The van der Waals surface area contributed by atoms with Crippen LogP contribution >= 0.6 is 11.6 Å². The highest BCUT2D eigenvalue weighted by Crippen LogP contribution is 2.29. The summed E-state index contributed by atoms with van der Waals surface area (Å²) in [6.07, 6.45) is 1.57. The van der Waals surface area contributed by atoms with Gasteiger partial charge in [-0.05, 0) is 12.3 Å². The van der Waals surface area contributed by atoms with Crippen molar-refractivity contribution >= 4 is 17.5 Å². The van der Waals surface area contributed by atoms with Crippen molar-refractivity contribution in [3.63, 3.8) is 0 Å². The summed E-state index contributed by atoms with van der Waals surface area (Å²) in [5.74, 6) is 1.89. The first-order valence-corrected chi connectivity index (χ1v) is 5.76. The number of ether oxygens (including phenoxy) is 1. The molecule has 2 unspecified atom stereocenters. The number of carbonyl (C=O) groups is 1. The highest BCUT2D eigenvalue weighted by atomic mass is 35.5. The predicted octanol–water partition coefficient (Wildman–Crippen LogP) is 1.11. The summed E-state index contributed by atoms with van der Waals surface area (Å²) in [4.78, 5) is 13.5. The van der Waals surface area contributed by atoms with E-state index in [-0.39, 0.29) is 5.91 Å². The highest BCUT2D eigenvalue weighted by Gasteiger charge is 2.34. The number of hydrogen-bond acceptors (Lipinski definition) is 2. The number of carbonyl (C=O) groups excluding carboxylic acids is 1. The van der Waals surface area contributed by atoms with Gasteiger partial charge in [-0.2, -0.15) is 0 Å². The van der Waals surface area contributed by atoms with Crippen molar-refractivity contribution in [2.45, 2.75) is 12.8 Å². The number of likely N-dealkylation sites (tertiary alicyclic amines) is 1. The Morgan fingerprint density at radius 3 is 3.00 bits per heavy atom. The van der Waals surface area contributed by atoms with Gasteiger partial charge in [0.1, 0.15) is 0 Å². The van der Waals surface area contributed by atoms with Gasteiger partial charge >= 0.3 is 0 Å². The largest absolute Gasteiger partial charge is 0.381 e. The molecule has 2 rings (SSSR count). The molecule has 0 aromatic carbocycles. The van der Waals surface area contributed by atoms with Crippen molar-refractivity contribution < 1.29 is 9.53 Å². The van der Waals surface area contributed by atoms with E-state index >= 15 is 0 Å². The summed E-state index contributed by atoms with van der Waals surface area (Å²) < 4.78 is 5.42. The number of halogens is 1. The molecule has 4 heteroatoms. The molecule has 0 aliphatic carbocycles. The fourth-order valence-corrected chi connectivity index (χ4v) is 2.49. The molecule has 2 atom stereocenters. The summed E-state index contributed by atoms with van der Waals surface area (Å²) in [5, 5.41) is 0. The van der Waals surface area contributed by atoms with Gasteiger partial charge in [0.05, 0.1) is 6.61 Å². The Labute approximate surface area is 89.4 Å². The molecule has 0 N–H and O–H groups in total. The number of alkyl halides is 1. The Hall–Kier alpha value is -0.280. The van der Waals surface area contributed by atoms with Gasteiger partial charge in [0, 0.05) is 37.9 Å². The molecule has 2 aliphatic rings. The minimum Gasteiger partial charge on any atom is -0.381 e. The van der Waals surface area contributed by atoms with Crippen LogP contribution in [0, 0.1) is 11.8 Å². The van der Waals surface area contributed by atoms with E-state index in [1.165, 1.54) is 0 Å². The van der Waals surface area contributed by atoms with Crippen molar-refractivity contribution in [1.29, 1.82) is 0 Å². The third kappa shape index (κ3) is 2.04. The van der Waals surface area contributed by atoms with Gasteiger partial charge in [0.25, 0.3) is 0 Å². The van der Waals surface area contributed by atoms with E-state index in [1.807, 2.05) is 4.90 Å². The lowest BCUT2D eigenvalue weighted by atomic mass is 9.88. The van der Waals surface area contributed by atoms with Crippen LogP contribution in [0.15, 0.2) is 0 Å². The Balaban J connectivity index is 1.87. The maximum absolute atomic E-state index is 11.6.